The lowest BCUT2D eigenvalue weighted by atomic mass is 9.59. The van der Waals surface area contributed by atoms with Crippen LogP contribution in [0, 0.1) is 0 Å². The first-order valence-corrected chi connectivity index (χ1v) is 18.7. The summed E-state index contributed by atoms with van der Waals surface area (Å²) in [7, 11) is 18.6. The molecule has 9 rings (SSSR count). The van der Waals surface area contributed by atoms with Crippen LogP contribution in [0.1, 0.15) is 0 Å². The third kappa shape index (κ3) is 5.02. The molecule has 0 atom stereocenters. The second-order valence-corrected chi connectivity index (χ2v) is 15.0. The van der Waals surface area contributed by atoms with Gasteiger partial charge < -0.3 is 0 Å². The van der Waals surface area contributed by atoms with Crippen molar-refractivity contribution in [2.45, 2.75) is 0 Å². The van der Waals surface area contributed by atoms with Crippen molar-refractivity contribution in [3.63, 3.8) is 0 Å². The SMILES string of the molecule is Bc1c(B)c(B)c2c(-c3ccc4ccccc4c3)c3c(B)c(B)c(B)c(B)c3c(-c3cccc(-c4nc5ccccc5n4-c4ccccc4)c3)c2c1B. The molecule has 2 nitrogen and oxygen atoms in total. The number of imidazole rings is 1. The standard InChI is InChI=1S/C43H36B8N2/c44-35-31-29(23-11-8-12-25(20-23)43-52-27-15-6-7-16-28(27)53(43)26-13-2-1-3-14-26)32-34(38(47)42(51)40(49)36(32)45)30(33(31)37(46)41(50)39(35)48)24-18-17-21-9-4-5-10-22(21)19-24/h1-20H,44-51H2. The maximum Gasteiger partial charge on any atom is 0.145 e. The molecule has 1 heterocycles. The van der Waals surface area contributed by atoms with E-state index < -0.39 is 0 Å². The first-order chi connectivity index (χ1) is 25.7. The van der Waals surface area contributed by atoms with Crippen LogP contribution in [0.25, 0.3) is 82.7 Å². The number of hydrogen-bond donors (Lipinski definition) is 0. The molecule has 0 spiro atoms. The van der Waals surface area contributed by atoms with Gasteiger partial charge in [0.25, 0.3) is 0 Å². The van der Waals surface area contributed by atoms with E-state index in [-0.39, 0.29) is 0 Å². The molecule has 0 unspecified atom stereocenters. The number of aromatic nitrogens is 2. The molecule has 0 saturated carbocycles. The van der Waals surface area contributed by atoms with E-state index in [9.17, 15) is 0 Å². The van der Waals surface area contributed by atoms with Crippen molar-refractivity contribution in [2.24, 2.45) is 0 Å². The topological polar surface area (TPSA) is 17.8 Å². The van der Waals surface area contributed by atoms with Gasteiger partial charge in [-0.25, -0.2) is 4.98 Å². The summed E-state index contributed by atoms with van der Waals surface area (Å²) in [6.07, 6.45) is 0. The summed E-state index contributed by atoms with van der Waals surface area (Å²) in [5.41, 5.74) is 20.3. The zero-order valence-corrected chi connectivity index (χ0v) is 31.9. The Bertz CT molecular complexity index is 2910. The van der Waals surface area contributed by atoms with Gasteiger partial charge in [0, 0.05) is 11.3 Å². The summed E-state index contributed by atoms with van der Waals surface area (Å²) in [5, 5.41) is 7.94. The van der Waals surface area contributed by atoms with Gasteiger partial charge >= 0.3 is 0 Å². The third-order valence-corrected chi connectivity index (χ3v) is 12.4. The lowest BCUT2D eigenvalue weighted by Crippen LogP contribution is -2.50. The molecule has 9 aromatic rings. The van der Waals surface area contributed by atoms with Gasteiger partial charge in [0.1, 0.15) is 68.6 Å². The van der Waals surface area contributed by atoms with Crippen molar-refractivity contribution >= 4 is 150 Å². The lowest BCUT2D eigenvalue weighted by Gasteiger charge is -2.28. The van der Waals surface area contributed by atoms with Crippen molar-refractivity contribution in [2.75, 3.05) is 0 Å². The minimum absolute atomic E-state index is 0.945. The normalized spacial score (nSPS) is 11.6. The van der Waals surface area contributed by atoms with Crippen LogP contribution in [0.2, 0.25) is 0 Å². The van der Waals surface area contributed by atoms with Gasteiger partial charge in [-0.2, -0.15) is 0 Å². The van der Waals surface area contributed by atoms with Crippen molar-refractivity contribution in [1.29, 1.82) is 0 Å². The molecule has 0 amide bonds. The minimum Gasteiger partial charge on any atom is -0.292 e. The molecule has 1 aromatic heterocycles. The molecule has 0 bridgehead atoms. The van der Waals surface area contributed by atoms with Crippen LogP contribution in [0.5, 0.6) is 0 Å². The van der Waals surface area contributed by atoms with E-state index in [1.807, 2.05) is 0 Å². The molecule has 53 heavy (non-hydrogen) atoms. The minimum atomic E-state index is 0.945. The van der Waals surface area contributed by atoms with Crippen LogP contribution in [0.3, 0.4) is 0 Å². The van der Waals surface area contributed by atoms with E-state index in [0.29, 0.717) is 0 Å². The average molecular weight is 667 g/mol. The number of hydrogen-bond acceptors (Lipinski definition) is 1. The van der Waals surface area contributed by atoms with Crippen molar-refractivity contribution < 1.29 is 0 Å². The molecule has 0 aliphatic carbocycles. The summed E-state index contributed by atoms with van der Waals surface area (Å²) in [5.74, 6) is 0.945. The Hall–Kier alpha value is -5.47. The van der Waals surface area contributed by atoms with E-state index in [2.05, 4.69) is 189 Å². The maximum atomic E-state index is 5.28. The smallest absolute Gasteiger partial charge is 0.145 e. The van der Waals surface area contributed by atoms with Crippen LogP contribution in [-0.2, 0) is 0 Å². The Morgan fingerprint density at radius 3 is 1.47 bits per heavy atom. The first-order valence-electron chi connectivity index (χ1n) is 18.7. The highest BCUT2D eigenvalue weighted by Gasteiger charge is 2.25. The molecule has 0 aliphatic heterocycles. The molecule has 242 valence electrons. The molecule has 8 aromatic carbocycles. The lowest BCUT2D eigenvalue weighted by molar-refractivity contribution is 1.10. The Morgan fingerprint density at radius 2 is 0.868 bits per heavy atom. The average Bonchev–Trinajstić information content (AvgIpc) is 3.59. The van der Waals surface area contributed by atoms with Gasteiger partial charge in [-0.15, -0.1) is 21.9 Å². The van der Waals surface area contributed by atoms with Gasteiger partial charge in [-0.3, -0.25) is 4.57 Å². The van der Waals surface area contributed by atoms with E-state index in [4.69, 9.17) is 4.98 Å². The van der Waals surface area contributed by atoms with Crippen LogP contribution in [0.15, 0.2) is 121 Å². The predicted molar refractivity (Wildman–Crippen MR) is 255 cm³/mol. The van der Waals surface area contributed by atoms with Crippen molar-refractivity contribution in [3.05, 3.63) is 121 Å². The zero-order valence-electron chi connectivity index (χ0n) is 31.9. The highest BCUT2D eigenvalue weighted by atomic mass is 15.1. The largest absolute Gasteiger partial charge is 0.292 e. The summed E-state index contributed by atoms with van der Waals surface area (Å²) >= 11 is 0. The second kappa shape index (κ2) is 12.6. The number of nitrogens with zero attached hydrogens (tertiary/aromatic N) is 2. The predicted octanol–water partition coefficient (Wildman–Crippen LogP) is -2.45. The highest BCUT2D eigenvalue weighted by molar-refractivity contribution is 6.71. The maximum absolute atomic E-state index is 5.28. The summed E-state index contributed by atoms with van der Waals surface area (Å²) in [4.78, 5) is 5.28. The number of rotatable bonds is 4. The number of fused-ring (bicyclic) bond motifs is 4. The quantitative estimate of drug-likeness (QED) is 0.151. The molecule has 0 N–H and O–H groups in total. The van der Waals surface area contributed by atoms with Crippen molar-refractivity contribution in [1.82, 2.24) is 9.55 Å². The van der Waals surface area contributed by atoms with Gasteiger partial charge in [0.15, 0.2) is 0 Å². The van der Waals surface area contributed by atoms with Gasteiger partial charge in [0.05, 0.1) is 11.0 Å². The Kier molecular flexibility index (Phi) is 7.93. The summed E-state index contributed by atoms with van der Waals surface area (Å²) in [6.45, 7) is 0. The number of benzene rings is 8. The summed E-state index contributed by atoms with van der Waals surface area (Å²) < 4.78 is 2.30. The van der Waals surface area contributed by atoms with Gasteiger partial charge in [-0.1, -0.05) is 107 Å². The van der Waals surface area contributed by atoms with Gasteiger partial charge in [0.2, 0.25) is 0 Å². The van der Waals surface area contributed by atoms with Crippen molar-refractivity contribution in [3.8, 4) is 39.3 Å². The molecule has 0 saturated heterocycles. The molecule has 10 heteroatoms. The second-order valence-electron chi connectivity index (χ2n) is 15.0. The third-order valence-electron chi connectivity index (χ3n) is 12.4. The molecule has 0 aliphatic rings. The Morgan fingerprint density at radius 1 is 0.377 bits per heavy atom. The molecule has 0 radical (unpaired) electrons. The summed E-state index contributed by atoms with van der Waals surface area (Å²) in [6, 6.07) is 44.0. The molecular formula is C43H36B8N2. The van der Waals surface area contributed by atoms with E-state index in [0.717, 1.165) is 28.1 Å². The monoisotopic (exact) mass is 668 g/mol. The molecular weight excluding hydrogens is 631 g/mol. The first kappa shape index (κ1) is 33.4. The fraction of sp³-hybridized carbons (Fsp3) is 0. The van der Waals surface area contributed by atoms with Crippen LogP contribution < -0.4 is 43.7 Å². The zero-order chi connectivity index (χ0) is 36.7. The van der Waals surface area contributed by atoms with Crippen LogP contribution in [0.4, 0.5) is 0 Å². The highest BCUT2D eigenvalue weighted by Crippen LogP contribution is 2.42. The fourth-order valence-electron chi connectivity index (χ4n) is 8.92. The molecule has 0 fully saturated rings. The Balaban J connectivity index is 1.45. The fourth-order valence-corrected chi connectivity index (χ4v) is 8.92. The van der Waals surface area contributed by atoms with Crippen LogP contribution >= 0.6 is 0 Å². The Labute approximate surface area is 318 Å². The van der Waals surface area contributed by atoms with E-state index in [1.165, 1.54) is 98.3 Å². The van der Waals surface area contributed by atoms with Gasteiger partial charge in [-0.05, 0) is 91.0 Å². The van der Waals surface area contributed by atoms with Crippen LogP contribution in [-0.4, -0.2) is 72.3 Å². The van der Waals surface area contributed by atoms with E-state index >= 15 is 0 Å². The van der Waals surface area contributed by atoms with E-state index in [1.54, 1.807) is 0 Å². The number of para-hydroxylation sites is 3.